The topological polar surface area (TPSA) is 32.8 Å². The van der Waals surface area contributed by atoms with Crippen molar-refractivity contribution in [2.45, 2.75) is 124 Å². The molecule has 0 aromatic rings. The average molecular weight is 429 g/mol. The zero-order valence-electron chi connectivity index (χ0n) is 21.2. The van der Waals surface area contributed by atoms with Crippen LogP contribution in [0.5, 0.6) is 0 Å². The third kappa shape index (κ3) is 2.34. The first-order chi connectivity index (χ1) is 14.4. The summed E-state index contributed by atoms with van der Waals surface area (Å²) in [7, 11) is 0. The van der Waals surface area contributed by atoms with Crippen molar-refractivity contribution < 1.29 is 9.84 Å². The molecule has 1 aliphatic heterocycles. The minimum Gasteiger partial charge on any atom is -0.389 e. The van der Waals surface area contributed by atoms with Crippen molar-refractivity contribution in [3.05, 3.63) is 0 Å². The lowest BCUT2D eigenvalue weighted by molar-refractivity contribution is -0.312. The van der Waals surface area contributed by atoms with Gasteiger partial charge in [-0.15, -0.1) is 0 Å². The quantitative estimate of drug-likeness (QED) is 0.456. The van der Waals surface area contributed by atoms with Crippen molar-refractivity contribution in [3.63, 3.8) is 0 Å². The molecule has 5 aliphatic carbocycles. The van der Waals surface area contributed by atoms with E-state index in [1.54, 1.807) is 0 Å². The van der Waals surface area contributed by atoms with Gasteiger partial charge in [0.2, 0.25) is 0 Å². The standard InChI is InChI=1S/C29H48O2/c1-24(2)12-7-13-25(3)22(24)10-15-27(5)23(25)11-17-29(30)26(4)14-8-19(21-18-31-21)20(26)9-16-28(27,29)6/h19-23,30H,7-18H2,1-6H3/t19-,20?,21?,22?,23?,25-,26-,27+,28-,29-/m0/s1. The Kier molecular flexibility index (Phi) is 4.24. The van der Waals surface area contributed by atoms with E-state index in [4.69, 9.17) is 4.74 Å². The second-order valence-electron chi connectivity index (χ2n) is 14.8. The normalized spacial score (nSPS) is 62.2. The van der Waals surface area contributed by atoms with Crippen molar-refractivity contribution in [1.82, 2.24) is 0 Å². The van der Waals surface area contributed by atoms with Gasteiger partial charge in [0.15, 0.2) is 0 Å². The van der Waals surface area contributed by atoms with Crippen LogP contribution in [0.3, 0.4) is 0 Å². The van der Waals surface area contributed by atoms with Gasteiger partial charge < -0.3 is 9.84 Å². The molecule has 5 saturated carbocycles. The van der Waals surface area contributed by atoms with Crippen LogP contribution in [0, 0.1) is 50.7 Å². The first-order valence-corrected chi connectivity index (χ1v) is 13.8. The second kappa shape index (κ2) is 6.12. The maximum Gasteiger partial charge on any atom is 0.0840 e. The molecule has 176 valence electrons. The summed E-state index contributed by atoms with van der Waals surface area (Å²) in [5.41, 5.74) is 0.815. The van der Waals surface area contributed by atoms with E-state index in [0.717, 1.165) is 24.9 Å². The van der Waals surface area contributed by atoms with Crippen LogP contribution in [-0.4, -0.2) is 23.4 Å². The molecule has 0 bridgehead atoms. The van der Waals surface area contributed by atoms with Crippen molar-refractivity contribution in [3.8, 4) is 0 Å². The number of aliphatic hydroxyl groups is 1. The molecule has 1 heterocycles. The third-order valence-corrected chi connectivity index (χ3v) is 13.8. The van der Waals surface area contributed by atoms with Crippen molar-refractivity contribution in [2.24, 2.45) is 50.7 Å². The Labute approximate surface area is 191 Å². The first kappa shape index (κ1) is 21.5. The van der Waals surface area contributed by atoms with Gasteiger partial charge in [-0.05, 0) is 104 Å². The molecule has 6 aliphatic rings. The van der Waals surface area contributed by atoms with E-state index < -0.39 is 5.60 Å². The Morgan fingerprint density at radius 3 is 2.10 bits per heavy atom. The van der Waals surface area contributed by atoms with Crippen molar-refractivity contribution in [1.29, 1.82) is 0 Å². The highest BCUT2D eigenvalue weighted by molar-refractivity contribution is 5.25. The molecule has 4 unspecified atom stereocenters. The second-order valence-corrected chi connectivity index (χ2v) is 14.8. The molecule has 6 rings (SSSR count). The molecule has 31 heavy (non-hydrogen) atoms. The summed E-state index contributed by atoms with van der Waals surface area (Å²) in [6, 6.07) is 0. The maximum atomic E-state index is 12.8. The van der Waals surface area contributed by atoms with Crippen LogP contribution in [0.25, 0.3) is 0 Å². The highest BCUT2D eigenvalue weighted by Crippen LogP contribution is 2.79. The van der Waals surface area contributed by atoms with Crippen LogP contribution in [0.2, 0.25) is 0 Å². The minimum atomic E-state index is -0.509. The summed E-state index contributed by atoms with van der Waals surface area (Å²) < 4.78 is 5.80. The third-order valence-electron chi connectivity index (χ3n) is 13.8. The number of fused-ring (bicyclic) bond motifs is 7. The fraction of sp³-hybridized carbons (Fsp3) is 1.00. The summed E-state index contributed by atoms with van der Waals surface area (Å²) in [5.74, 6) is 3.00. The lowest BCUT2D eigenvalue weighted by atomic mass is 9.30. The lowest BCUT2D eigenvalue weighted by Gasteiger charge is -2.75. The Hall–Kier alpha value is -0.0800. The summed E-state index contributed by atoms with van der Waals surface area (Å²) in [5, 5.41) is 12.8. The van der Waals surface area contributed by atoms with E-state index in [1.807, 2.05) is 0 Å². The molecule has 0 amide bonds. The van der Waals surface area contributed by atoms with E-state index in [-0.39, 0.29) is 16.2 Å². The zero-order chi connectivity index (χ0) is 22.1. The molecule has 2 heteroatoms. The molecule has 1 N–H and O–H groups in total. The molecule has 2 nitrogen and oxygen atoms in total. The van der Waals surface area contributed by atoms with Gasteiger partial charge in [0.25, 0.3) is 0 Å². The fourth-order valence-electron chi connectivity index (χ4n) is 12.0. The molecule has 0 aromatic heterocycles. The predicted molar refractivity (Wildman–Crippen MR) is 126 cm³/mol. The van der Waals surface area contributed by atoms with E-state index in [9.17, 15) is 5.11 Å². The first-order valence-electron chi connectivity index (χ1n) is 13.8. The number of ether oxygens (including phenoxy) is 1. The van der Waals surface area contributed by atoms with Gasteiger partial charge in [-0.25, -0.2) is 0 Å². The summed E-state index contributed by atoms with van der Waals surface area (Å²) in [4.78, 5) is 0. The van der Waals surface area contributed by atoms with E-state index in [0.29, 0.717) is 28.8 Å². The van der Waals surface area contributed by atoms with Gasteiger partial charge in [0.05, 0.1) is 18.3 Å². The molecular formula is C29H48O2. The van der Waals surface area contributed by atoms with Gasteiger partial charge in [0, 0.05) is 10.8 Å². The average Bonchev–Trinajstić information content (AvgIpc) is 3.46. The maximum absolute atomic E-state index is 12.8. The fourth-order valence-corrected chi connectivity index (χ4v) is 12.0. The van der Waals surface area contributed by atoms with Gasteiger partial charge in [-0.1, -0.05) is 48.0 Å². The van der Waals surface area contributed by atoms with Crippen LogP contribution in [0.4, 0.5) is 0 Å². The Morgan fingerprint density at radius 2 is 1.39 bits per heavy atom. The van der Waals surface area contributed by atoms with E-state index in [1.165, 1.54) is 64.2 Å². The summed E-state index contributed by atoms with van der Waals surface area (Å²) >= 11 is 0. The van der Waals surface area contributed by atoms with E-state index >= 15 is 0 Å². The van der Waals surface area contributed by atoms with Crippen LogP contribution < -0.4 is 0 Å². The van der Waals surface area contributed by atoms with E-state index in [2.05, 4.69) is 41.5 Å². The van der Waals surface area contributed by atoms with Crippen LogP contribution in [0.1, 0.15) is 112 Å². The number of rotatable bonds is 1. The highest BCUT2D eigenvalue weighted by atomic mass is 16.6. The van der Waals surface area contributed by atoms with Gasteiger partial charge in [0.1, 0.15) is 0 Å². The van der Waals surface area contributed by atoms with Gasteiger partial charge in [-0.3, -0.25) is 0 Å². The monoisotopic (exact) mass is 428 g/mol. The minimum absolute atomic E-state index is 0.0447. The van der Waals surface area contributed by atoms with Gasteiger partial charge >= 0.3 is 0 Å². The van der Waals surface area contributed by atoms with Crippen LogP contribution in [-0.2, 0) is 4.74 Å². The molecule has 6 fully saturated rings. The zero-order valence-corrected chi connectivity index (χ0v) is 21.2. The summed E-state index contributed by atoms with van der Waals surface area (Å²) in [6.07, 6.45) is 14.7. The lowest BCUT2D eigenvalue weighted by Crippen LogP contribution is -2.73. The Bertz CT molecular complexity index is 771. The van der Waals surface area contributed by atoms with Crippen LogP contribution >= 0.6 is 0 Å². The highest BCUT2D eigenvalue weighted by Gasteiger charge is 2.76. The molecule has 10 atom stereocenters. The smallest absolute Gasteiger partial charge is 0.0840 e. The van der Waals surface area contributed by atoms with Crippen LogP contribution in [0.15, 0.2) is 0 Å². The van der Waals surface area contributed by atoms with Crippen molar-refractivity contribution in [2.75, 3.05) is 6.61 Å². The van der Waals surface area contributed by atoms with Crippen molar-refractivity contribution >= 4 is 0 Å². The molecule has 1 saturated heterocycles. The molecule has 0 radical (unpaired) electrons. The largest absolute Gasteiger partial charge is 0.389 e. The SMILES string of the molecule is CC1(C)CCC[C@@]2(C)C1CC[C@]1(C)C2CC[C@@]2(O)[C@@]1(C)CCC1[C@@H](C3CO3)CC[C@@]12C. The van der Waals surface area contributed by atoms with Gasteiger partial charge in [-0.2, -0.15) is 0 Å². The molecular weight excluding hydrogens is 380 g/mol. The molecule has 0 spiro atoms. The molecule has 0 aromatic carbocycles. The predicted octanol–water partition coefficient (Wildman–Crippen LogP) is 6.99. The Balaban J connectivity index is 1.41. The number of epoxide rings is 1. The number of hydrogen-bond acceptors (Lipinski definition) is 2. The number of hydrogen-bond donors (Lipinski definition) is 1. The Morgan fingerprint density at radius 1 is 0.710 bits per heavy atom. The summed E-state index contributed by atoms with van der Waals surface area (Å²) in [6.45, 7) is 16.5.